The van der Waals surface area contributed by atoms with E-state index < -0.39 is 12.2 Å². The van der Waals surface area contributed by atoms with Crippen LogP contribution in [0.5, 0.6) is 5.75 Å². The van der Waals surface area contributed by atoms with Gasteiger partial charge in [-0.05, 0) is 42.7 Å². The van der Waals surface area contributed by atoms with Crippen molar-refractivity contribution in [2.24, 2.45) is 5.41 Å². The number of aliphatic hydroxyl groups is 2. The van der Waals surface area contributed by atoms with Crippen molar-refractivity contribution in [1.29, 1.82) is 0 Å². The monoisotopic (exact) mass is 397 g/mol. The molecule has 4 nitrogen and oxygen atoms in total. The van der Waals surface area contributed by atoms with Crippen LogP contribution in [0.15, 0.2) is 54.6 Å². The molecule has 26 heavy (non-hydrogen) atoms. The predicted molar refractivity (Wildman–Crippen MR) is 106 cm³/mol. The highest BCUT2D eigenvalue weighted by Crippen LogP contribution is 2.38. The number of ether oxygens (including phenoxy) is 1. The van der Waals surface area contributed by atoms with Crippen molar-refractivity contribution >= 4 is 24.0 Å². The summed E-state index contributed by atoms with van der Waals surface area (Å²) in [7, 11) is 0. The van der Waals surface area contributed by atoms with Crippen molar-refractivity contribution in [1.82, 2.24) is 5.32 Å². The summed E-state index contributed by atoms with van der Waals surface area (Å²) in [6, 6.07) is 17.3. The topological polar surface area (TPSA) is 61.7 Å². The zero-order valence-electron chi connectivity index (χ0n) is 14.5. The van der Waals surface area contributed by atoms with Crippen molar-refractivity contribution in [3.05, 3.63) is 65.2 Å². The molecule has 1 saturated carbocycles. The molecule has 3 atom stereocenters. The van der Waals surface area contributed by atoms with E-state index in [-0.39, 0.29) is 17.8 Å². The van der Waals surface area contributed by atoms with Crippen LogP contribution in [0.2, 0.25) is 5.02 Å². The average Bonchev–Trinajstić information content (AvgIpc) is 2.90. The highest BCUT2D eigenvalue weighted by molar-refractivity contribution is 6.30. The fraction of sp³-hybridized carbons (Fsp3) is 0.400. The minimum absolute atomic E-state index is 0. The van der Waals surface area contributed by atoms with E-state index in [1.165, 1.54) is 0 Å². The van der Waals surface area contributed by atoms with Gasteiger partial charge in [0.1, 0.15) is 5.75 Å². The summed E-state index contributed by atoms with van der Waals surface area (Å²) < 4.78 is 5.93. The quantitative estimate of drug-likeness (QED) is 0.669. The first kappa shape index (κ1) is 21.0. The Labute approximate surface area is 165 Å². The lowest BCUT2D eigenvalue weighted by Gasteiger charge is -2.29. The smallest absolute Gasteiger partial charge is 0.119 e. The Morgan fingerprint density at radius 3 is 2.23 bits per heavy atom. The first-order chi connectivity index (χ1) is 12.1. The summed E-state index contributed by atoms with van der Waals surface area (Å²) in [6.45, 7) is 1.83. The number of aliphatic hydroxyl groups excluding tert-OH is 2. The molecular weight excluding hydrogens is 373 g/mol. The highest BCUT2D eigenvalue weighted by atomic mass is 35.5. The number of hydrogen-bond donors (Lipinski definition) is 3. The van der Waals surface area contributed by atoms with Gasteiger partial charge in [-0.2, -0.15) is 0 Å². The van der Waals surface area contributed by atoms with Crippen molar-refractivity contribution in [2.45, 2.75) is 31.6 Å². The van der Waals surface area contributed by atoms with Crippen LogP contribution < -0.4 is 10.1 Å². The molecule has 0 bridgehead atoms. The molecule has 6 heteroatoms. The van der Waals surface area contributed by atoms with Gasteiger partial charge in [0.2, 0.25) is 0 Å². The largest absolute Gasteiger partial charge is 0.493 e. The highest BCUT2D eigenvalue weighted by Gasteiger charge is 2.44. The molecule has 142 valence electrons. The summed E-state index contributed by atoms with van der Waals surface area (Å²) >= 11 is 5.91. The van der Waals surface area contributed by atoms with Gasteiger partial charge < -0.3 is 20.3 Å². The average molecular weight is 398 g/mol. The first-order valence-electron chi connectivity index (χ1n) is 8.55. The number of halogens is 2. The number of rotatable bonds is 7. The van der Waals surface area contributed by atoms with E-state index in [0.717, 1.165) is 16.3 Å². The molecule has 0 amide bonds. The van der Waals surface area contributed by atoms with Gasteiger partial charge in [0.25, 0.3) is 0 Å². The molecule has 3 rings (SSSR count). The molecule has 2 aromatic carbocycles. The summed E-state index contributed by atoms with van der Waals surface area (Å²) in [5, 5.41) is 24.2. The molecular formula is C20H25Cl2NO3. The van der Waals surface area contributed by atoms with E-state index in [1.54, 1.807) is 0 Å². The van der Waals surface area contributed by atoms with Gasteiger partial charge in [-0.3, -0.25) is 0 Å². The fourth-order valence-corrected chi connectivity index (χ4v) is 3.51. The molecule has 0 aromatic heterocycles. The third-order valence-electron chi connectivity index (χ3n) is 4.76. The number of benzene rings is 2. The first-order valence-corrected chi connectivity index (χ1v) is 8.93. The second-order valence-electron chi connectivity index (χ2n) is 6.87. The van der Waals surface area contributed by atoms with E-state index in [2.05, 4.69) is 5.32 Å². The number of hydrogen-bond acceptors (Lipinski definition) is 4. The van der Waals surface area contributed by atoms with Crippen LogP contribution in [0.25, 0.3) is 0 Å². The van der Waals surface area contributed by atoms with Crippen LogP contribution in [0.4, 0.5) is 0 Å². The molecule has 1 unspecified atom stereocenters. The maximum atomic E-state index is 10.0. The maximum absolute atomic E-state index is 10.0. The van der Waals surface area contributed by atoms with E-state index in [4.69, 9.17) is 16.3 Å². The third kappa shape index (κ3) is 5.60. The Hall–Kier alpha value is -1.30. The van der Waals surface area contributed by atoms with Crippen LogP contribution in [0.3, 0.4) is 0 Å². The van der Waals surface area contributed by atoms with Crippen LogP contribution >= 0.6 is 24.0 Å². The van der Waals surface area contributed by atoms with Crippen LogP contribution in [0.1, 0.15) is 18.4 Å². The Bertz CT molecular complexity index is 657. The van der Waals surface area contributed by atoms with E-state index in [1.807, 2.05) is 54.6 Å². The summed E-state index contributed by atoms with van der Waals surface area (Å²) in [5.74, 6) is 0.801. The lowest BCUT2D eigenvalue weighted by atomic mass is 9.86. The molecule has 3 N–H and O–H groups in total. The van der Waals surface area contributed by atoms with Gasteiger partial charge in [-0.15, -0.1) is 12.4 Å². The van der Waals surface area contributed by atoms with Crippen molar-refractivity contribution < 1.29 is 14.9 Å². The molecule has 1 fully saturated rings. The standard InChI is InChI=1S/C20H24ClNO3.ClH/c21-16-8-6-15(7-9-16)12-22-13-20(10-18(23)19(24)11-20)14-25-17-4-2-1-3-5-17;/h1-9,18-19,22-24H,10-14H2;1H/t18-,19+,20?;. The maximum Gasteiger partial charge on any atom is 0.119 e. The van der Waals surface area contributed by atoms with Crippen molar-refractivity contribution in [2.75, 3.05) is 13.2 Å². The summed E-state index contributed by atoms with van der Waals surface area (Å²) in [4.78, 5) is 0. The van der Waals surface area contributed by atoms with E-state index >= 15 is 0 Å². The molecule has 1 aliphatic rings. The molecule has 0 saturated heterocycles. The number of nitrogens with one attached hydrogen (secondary N) is 1. The zero-order chi connectivity index (χ0) is 17.7. The van der Waals surface area contributed by atoms with Crippen LogP contribution in [-0.2, 0) is 6.54 Å². The lowest BCUT2D eigenvalue weighted by molar-refractivity contribution is 0.0438. The minimum atomic E-state index is -0.697. The Morgan fingerprint density at radius 1 is 1.00 bits per heavy atom. The number of para-hydroxylation sites is 1. The van der Waals surface area contributed by atoms with Gasteiger partial charge in [0.05, 0.1) is 18.8 Å². The Morgan fingerprint density at radius 2 is 1.62 bits per heavy atom. The third-order valence-corrected chi connectivity index (χ3v) is 5.01. The van der Waals surface area contributed by atoms with Crippen molar-refractivity contribution in [3.63, 3.8) is 0 Å². The SMILES string of the molecule is Cl.O[C@@H]1CC(CNCc2ccc(Cl)cc2)(COc2ccccc2)C[C@@H]1O. The molecule has 0 spiro atoms. The second kappa shape index (κ2) is 9.58. The van der Waals surface area contributed by atoms with Gasteiger partial charge >= 0.3 is 0 Å². The van der Waals surface area contributed by atoms with Crippen LogP contribution in [-0.4, -0.2) is 35.6 Å². The molecule has 2 aromatic rings. The summed E-state index contributed by atoms with van der Waals surface area (Å²) in [5.41, 5.74) is 0.851. The second-order valence-corrected chi connectivity index (χ2v) is 7.31. The van der Waals surface area contributed by atoms with Crippen molar-refractivity contribution in [3.8, 4) is 5.75 Å². The predicted octanol–water partition coefficient (Wildman–Crippen LogP) is 3.43. The molecule has 0 radical (unpaired) electrons. The zero-order valence-corrected chi connectivity index (χ0v) is 16.0. The lowest BCUT2D eigenvalue weighted by Crippen LogP contribution is -2.37. The fourth-order valence-electron chi connectivity index (χ4n) is 3.38. The normalized spacial score (nSPS) is 24.9. The van der Waals surface area contributed by atoms with Gasteiger partial charge in [-0.1, -0.05) is 41.9 Å². The molecule has 0 heterocycles. The Kier molecular flexibility index (Phi) is 7.74. The van der Waals surface area contributed by atoms with Gasteiger partial charge in [-0.25, -0.2) is 0 Å². The molecule has 1 aliphatic carbocycles. The van der Waals surface area contributed by atoms with Gasteiger partial charge in [0, 0.05) is 23.5 Å². The Balaban J connectivity index is 0.00000243. The summed E-state index contributed by atoms with van der Waals surface area (Å²) in [6.07, 6.45) is -0.350. The molecule has 0 aliphatic heterocycles. The van der Waals surface area contributed by atoms with E-state index in [0.29, 0.717) is 32.5 Å². The van der Waals surface area contributed by atoms with Crippen LogP contribution in [0, 0.1) is 5.41 Å². The van der Waals surface area contributed by atoms with Gasteiger partial charge in [0.15, 0.2) is 0 Å². The van der Waals surface area contributed by atoms with E-state index in [9.17, 15) is 10.2 Å². The minimum Gasteiger partial charge on any atom is -0.493 e.